The minimum absolute atomic E-state index is 0.132. The molecule has 0 N–H and O–H groups in total. The highest BCUT2D eigenvalue weighted by molar-refractivity contribution is 5.95. The van der Waals surface area contributed by atoms with E-state index in [0.717, 1.165) is 43.6 Å². The Morgan fingerprint density at radius 1 is 0.879 bits per heavy atom. The van der Waals surface area contributed by atoms with Crippen LogP contribution < -0.4 is 0 Å². The maximum atomic E-state index is 13.8. The number of carbonyl (C=O) groups is 2. The molecule has 5 aliphatic rings. The van der Waals surface area contributed by atoms with Crippen LogP contribution in [0.5, 0.6) is 0 Å². The van der Waals surface area contributed by atoms with E-state index in [4.69, 9.17) is 0 Å². The van der Waals surface area contributed by atoms with Crippen LogP contribution in [0.15, 0.2) is 0 Å². The van der Waals surface area contributed by atoms with Gasteiger partial charge in [-0.3, -0.25) is 9.59 Å². The quantitative estimate of drug-likeness (QED) is 0.542. The van der Waals surface area contributed by atoms with E-state index in [9.17, 15) is 9.59 Å². The smallest absolute Gasteiger partial charge is 0.228 e. The first-order valence-corrected chi connectivity index (χ1v) is 14.0. The van der Waals surface area contributed by atoms with Gasteiger partial charge in [-0.1, -0.05) is 27.7 Å². The molecule has 33 heavy (non-hydrogen) atoms. The summed E-state index contributed by atoms with van der Waals surface area (Å²) in [6.07, 6.45) is 9.72. The number of amides is 1. The molecule has 0 spiro atoms. The van der Waals surface area contributed by atoms with Crippen molar-refractivity contribution in [3.8, 4) is 0 Å². The number of Topliss-reactive ketones (excluding diaryl/α,β-unsaturated/α-hetero) is 1. The molecule has 4 saturated carbocycles. The molecule has 5 rings (SSSR count). The van der Waals surface area contributed by atoms with Gasteiger partial charge in [0.15, 0.2) is 5.78 Å². The third-order valence-corrected chi connectivity index (χ3v) is 12.1. The van der Waals surface area contributed by atoms with Gasteiger partial charge >= 0.3 is 0 Å². The SMILES string of the molecule is CC(C)C1CN([C@@H]2CC[C@]3(C)C4CC[C@@]5(C)C(CC[C@@H]5C(C)N(C)C)C4CC[C@H]3C2=O)C1=O. The zero-order valence-corrected chi connectivity index (χ0v) is 22.3. The lowest BCUT2D eigenvalue weighted by Crippen LogP contribution is -2.65. The highest BCUT2D eigenvalue weighted by Gasteiger charge is 2.63. The Labute approximate surface area is 202 Å². The van der Waals surface area contributed by atoms with Gasteiger partial charge in [0.2, 0.25) is 5.91 Å². The Morgan fingerprint density at radius 2 is 1.55 bits per heavy atom. The molecule has 0 aromatic rings. The van der Waals surface area contributed by atoms with Gasteiger partial charge in [-0.05, 0) is 113 Å². The predicted molar refractivity (Wildman–Crippen MR) is 133 cm³/mol. The molecular weight excluding hydrogens is 408 g/mol. The van der Waals surface area contributed by atoms with Crippen LogP contribution in [-0.4, -0.2) is 54.2 Å². The van der Waals surface area contributed by atoms with Crippen LogP contribution in [0.2, 0.25) is 0 Å². The summed E-state index contributed by atoms with van der Waals surface area (Å²) in [6.45, 7) is 12.6. The van der Waals surface area contributed by atoms with Gasteiger partial charge in [0.1, 0.15) is 0 Å². The number of β-lactam (4-membered cyclic amide) rings is 1. The molecule has 0 bridgehead atoms. The lowest BCUT2D eigenvalue weighted by Gasteiger charge is -2.61. The molecule has 1 heterocycles. The van der Waals surface area contributed by atoms with E-state index in [0.29, 0.717) is 29.1 Å². The Morgan fingerprint density at radius 3 is 2.18 bits per heavy atom. The van der Waals surface area contributed by atoms with E-state index >= 15 is 0 Å². The van der Waals surface area contributed by atoms with E-state index in [1.165, 1.54) is 32.1 Å². The monoisotopic (exact) mass is 456 g/mol. The lowest BCUT2D eigenvalue weighted by molar-refractivity contribution is -0.171. The van der Waals surface area contributed by atoms with Crippen molar-refractivity contribution in [2.75, 3.05) is 20.6 Å². The van der Waals surface area contributed by atoms with Crippen LogP contribution in [0, 0.1) is 52.3 Å². The van der Waals surface area contributed by atoms with Gasteiger partial charge < -0.3 is 9.80 Å². The number of carbonyl (C=O) groups excluding carboxylic acids is 2. The third kappa shape index (κ3) is 3.32. The first-order valence-electron chi connectivity index (χ1n) is 14.0. The van der Waals surface area contributed by atoms with Crippen molar-refractivity contribution in [2.24, 2.45) is 52.3 Å². The Hall–Kier alpha value is -0.900. The van der Waals surface area contributed by atoms with E-state index in [2.05, 4.69) is 53.6 Å². The Kier molecular flexibility index (Phi) is 5.82. The zero-order chi connectivity index (χ0) is 23.9. The molecule has 5 unspecified atom stereocenters. The van der Waals surface area contributed by atoms with Gasteiger partial charge in [0.25, 0.3) is 0 Å². The fraction of sp³-hybridized carbons (Fsp3) is 0.931. The van der Waals surface area contributed by atoms with Crippen molar-refractivity contribution in [1.29, 1.82) is 0 Å². The van der Waals surface area contributed by atoms with Gasteiger partial charge in [0.05, 0.1) is 12.0 Å². The Balaban J connectivity index is 1.33. The average Bonchev–Trinajstić information content (AvgIpc) is 3.10. The second-order valence-electron chi connectivity index (χ2n) is 13.7. The van der Waals surface area contributed by atoms with E-state index in [-0.39, 0.29) is 29.2 Å². The standard InChI is InChI=1S/C29H48N2O2/c1-17(2)20-16-31(27(20)33)25-13-15-29(5)23-12-14-28(4)21(18(3)30(6)7)10-11-22(28)19(23)8-9-24(29)26(25)32/h17-25H,8-16H2,1-7H3/t18?,19?,20?,21-,22?,23?,24+,25-,28-,29-/m1/s1. The van der Waals surface area contributed by atoms with Crippen LogP contribution in [0.3, 0.4) is 0 Å². The summed E-state index contributed by atoms with van der Waals surface area (Å²) in [5.74, 6) is 4.47. The first-order chi connectivity index (χ1) is 15.5. The van der Waals surface area contributed by atoms with Crippen molar-refractivity contribution < 1.29 is 9.59 Å². The number of hydrogen-bond donors (Lipinski definition) is 0. The fourth-order valence-electron chi connectivity index (χ4n) is 9.86. The topological polar surface area (TPSA) is 40.6 Å². The van der Waals surface area contributed by atoms with Gasteiger partial charge in [0, 0.05) is 18.5 Å². The highest BCUT2D eigenvalue weighted by Crippen LogP contribution is 2.67. The molecule has 0 aromatic heterocycles. The molecule has 1 amide bonds. The van der Waals surface area contributed by atoms with Gasteiger partial charge in [-0.25, -0.2) is 0 Å². The number of ketones is 1. The van der Waals surface area contributed by atoms with E-state index in [1.807, 2.05) is 4.90 Å². The summed E-state index contributed by atoms with van der Waals surface area (Å²) >= 11 is 0. The number of hydrogen-bond acceptors (Lipinski definition) is 3. The summed E-state index contributed by atoms with van der Waals surface area (Å²) in [5.41, 5.74) is 0.611. The average molecular weight is 457 g/mol. The van der Waals surface area contributed by atoms with Crippen LogP contribution in [0.1, 0.15) is 86.0 Å². The van der Waals surface area contributed by atoms with Crippen molar-refractivity contribution in [2.45, 2.75) is 98.1 Å². The highest BCUT2D eigenvalue weighted by atomic mass is 16.2. The fourth-order valence-corrected chi connectivity index (χ4v) is 9.86. The van der Waals surface area contributed by atoms with Gasteiger partial charge in [-0.15, -0.1) is 0 Å². The molecule has 4 aliphatic carbocycles. The van der Waals surface area contributed by atoms with E-state index in [1.54, 1.807) is 0 Å². The lowest BCUT2D eigenvalue weighted by atomic mass is 9.44. The minimum atomic E-state index is -0.132. The third-order valence-electron chi connectivity index (χ3n) is 12.1. The molecule has 186 valence electrons. The van der Waals surface area contributed by atoms with Crippen LogP contribution >= 0.6 is 0 Å². The zero-order valence-electron chi connectivity index (χ0n) is 22.3. The summed E-state index contributed by atoms with van der Waals surface area (Å²) in [5, 5.41) is 0. The summed E-state index contributed by atoms with van der Waals surface area (Å²) in [4.78, 5) is 31.0. The minimum Gasteiger partial charge on any atom is -0.332 e. The molecule has 0 aromatic carbocycles. The van der Waals surface area contributed by atoms with Crippen LogP contribution in [0.4, 0.5) is 0 Å². The van der Waals surface area contributed by atoms with E-state index < -0.39 is 0 Å². The van der Waals surface area contributed by atoms with Crippen molar-refractivity contribution >= 4 is 11.7 Å². The molecule has 4 heteroatoms. The normalized spacial score (nSPS) is 48.4. The summed E-state index contributed by atoms with van der Waals surface area (Å²) < 4.78 is 0. The molecule has 10 atom stereocenters. The Bertz CT molecular complexity index is 807. The number of fused-ring (bicyclic) bond motifs is 5. The maximum Gasteiger partial charge on any atom is 0.228 e. The number of nitrogens with zero attached hydrogens (tertiary/aromatic N) is 2. The van der Waals surface area contributed by atoms with Crippen molar-refractivity contribution in [1.82, 2.24) is 9.80 Å². The molecule has 1 saturated heterocycles. The van der Waals surface area contributed by atoms with Gasteiger partial charge in [-0.2, -0.15) is 0 Å². The molecule has 0 radical (unpaired) electrons. The van der Waals surface area contributed by atoms with Crippen molar-refractivity contribution in [3.63, 3.8) is 0 Å². The molecule has 5 fully saturated rings. The largest absolute Gasteiger partial charge is 0.332 e. The predicted octanol–water partition coefficient (Wildman–Crippen LogP) is 5.26. The molecule has 1 aliphatic heterocycles. The summed E-state index contributed by atoms with van der Waals surface area (Å²) in [6, 6.07) is 0.511. The van der Waals surface area contributed by atoms with Crippen LogP contribution in [0.25, 0.3) is 0 Å². The second-order valence-corrected chi connectivity index (χ2v) is 13.7. The first kappa shape index (κ1) is 23.8. The molecule has 4 nitrogen and oxygen atoms in total. The number of likely N-dealkylation sites (tertiary alicyclic amines) is 1. The van der Waals surface area contributed by atoms with Crippen LogP contribution in [-0.2, 0) is 9.59 Å². The summed E-state index contributed by atoms with van der Waals surface area (Å²) in [7, 11) is 4.49. The van der Waals surface area contributed by atoms with Crippen molar-refractivity contribution in [3.05, 3.63) is 0 Å². The maximum absolute atomic E-state index is 13.8. The second kappa shape index (κ2) is 8.07. The molecular formula is C29H48N2O2. The number of rotatable bonds is 4.